The monoisotopic (exact) mass is 266 g/mol. The van der Waals surface area contributed by atoms with Crippen LogP contribution in [0.2, 0.25) is 0 Å². The first-order valence-corrected chi connectivity index (χ1v) is 5.51. The molecule has 0 saturated heterocycles. The zero-order valence-corrected chi connectivity index (χ0v) is 10.6. The quantitative estimate of drug-likeness (QED) is 0.807. The molecule has 0 saturated carbocycles. The second kappa shape index (κ2) is 6.53. The molecule has 0 aromatic heterocycles. The lowest BCUT2D eigenvalue weighted by atomic mass is 9.97. The van der Waals surface area contributed by atoms with Gasteiger partial charge >= 0.3 is 17.9 Å². The van der Waals surface area contributed by atoms with Crippen molar-refractivity contribution in [2.24, 2.45) is 0 Å². The smallest absolute Gasteiger partial charge is 0.339 e. The number of rotatable bonds is 5. The Bertz CT molecular complexity index is 506. The number of ether oxygens (including phenoxy) is 2. The van der Waals surface area contributed by atoms with Crippen molar-refractivity contribution in [3.63, 3.8) is 0 Å². The number of esters is 2. The van der Waals surface area contributed by atoms with Gasteiger partial charge < -0.3 is 14.6 Å². The summed E-state index contributed by atoms with van der Waals surface area (Å²) in [5.41, 5.74) is 0.562. The Hall–Kier alpha value is -2.37. The highest BCUT2D eigenvalue weighted by Crippen LogP contribution is 2.19. The van der Waals surface area contributed by atoms with Crippen LogP contribution >= 0.6 is 0 Å². The second-order valence-electron chi connectivity index (χ2n) is 3.72. The van der Waals surface area contributed by atoms with Crippen molar-refractivity contribution >= 4 is 17.9 Å². The Morgan fingerprint density at radius 2 is 1.74 bits per heavy atom. The van der Waals surface area contributed by atoms with Crippen LogP contribution in [0, 0.1) is 0 Å². The van der Waals surface area contributed by atoms with Crippen molar-refractivity contribution in [3.05, 3.63) is 34.9 Å². The van der Waals surface area contributed by atoms with Crippen LogP contribution in [0.4, 0.5) is 0 Å². The van der Waals surface area contributed by atoms with Crippen LogP contribution in [0.15, 0.2) is 18.2 Å². The summed E-state index contributed by atoms with van der Waals surface area (Å²) in [7, 11) is 2.39. The minimum atomic E-state index is -0.987. The second-order valence-corrected chi connectivity index (χ2v) is 3.72. The van der Waals surface area contributed by atoms with E-state index in [1.54, 1.807) is 12.1 Å². The van der Waals surface area contributed by atoms with Gasteiger partial charge in [-0.1, -0.05) is 12.1 Å². The maximum atomic E-state index is 11.7. The van der Waals surface area contributed by atoms with E-state index in [1.807, 2.05) is 0 Å². The molecule has 0 aliphatic rings. The van der Waals surface area contributed by atoms with Gasteiger partial charge in [-0.15, -0.1) is 0 Å². The standard InChI is InChI=1S/C13H14O6/c1-18-12(16)9-5-3-4-8(6-7-10(14)15)11(9)13(17)19-2/h3-5H,6-7H2,1-2H3,(H,14,15). The lowest BCUT2D eigenvalue weighted by Crippen LogP contribution is -2.15. The number of carbonyl (C=O) groups is 3. The van der Waals surface area contributed by atoms with Gasteiger partial charge in [-0.3, -0.25) is 4.79 Å². The summed E-state index contributed by atoms with van der Waals surface area (Å²) in [5, 5.41) is 8.68. The van der Waals surface area contributed by atoms with E-state index in [0.29, 0.717) is 5.56 Å². The molecule has 0 spiro atoms. The summed E-state index contributed by atoms with van der Waals surface area (Å²) in [6.07, 6.45) is -0.0147. The van der Waals surface area contributed by atoms with Gasteiger partial charge in [0.1, 0.15) is 0 Å². The van der Waals surface area contributed by atoms with Gasteiger partial charge in [0.05, 0.1) is 25.3 Å². The van der Waals surface area contributed by atoms with Crippen LogP contribution in [-0.4, -0.2) is 37.2 Å². The van der Waals surface area contributed by atoms with Crippen LogP contribution in [0.5, 0.6) is 0 Å². The Balaban J connectivity index is 3.25. The molecule has 0 fully saturated rings. The lowest BCUT2D eigenvalue weighted by Gasteiger charge is -2.11. The Labute approximate surface area is 109 Å². The maximum absolute atomic E-state index is 11.7. The number of aryl methyl sites for hydroxylation is 1. The van der Waals surface area contributed by atoms with Crippen LogP contribution in [0.3, 0.4) is 0 Å². The van der Waals surface area contributed by atoms with E-state index in [1.165, 1.54) is 20.3 Å². The number of aliphatic carboxylic acids is 1. The number of hydrogen-bond acceptors (Lipinski definition) is 5. The molecule has 1 aromatic rings. The molecule has 0 atom stereocenters. The molecule has 0 unspecified atom stereocenters. The van der Waals surface area contributed by atoms with Crippen molar-refractivity contribution < 1.29 is 29.0 Å². The van der Waals surface area contributed by atoms with Crippen LogP contribution < -0.4 is 0 Å². The van der Waals surface area contributed by atoms with Crippen LogP contribution in [0.25, 0.3) is 0 Å². The maximum Gasteiger partial charge on any atom is 0.339 e. The normalized spacial score (nSPS) is 9.79. The van der Waals surface area contributed by atoms with Crippen molar-refractivity contribution in [2.75, 3.05) is 14.2 Å². The Kier molecular flexibility index (Phi) is 5.05. The van der Waals surface area contributed by atoms with Crippen LogP contribution in [-0.2, 0) is 20.7 Å². The molecule has 19 heavy (non-hydrogen) atoms. The van der Waals surface area contributed by atoms with E-state index in [4.69, 9.17) is 5.11 Å². The Morgan fingerprint density at radius 1 is 1.11 bits per heavy atom. The third-order valence-corrected chi connectivity index (χ3v) is 2.55. The fraction of sp³-hybridized carbons (Fsp3) is 0.308. The minimum absolute atomic E-state index is 0.0538. The summed E-state index contributed by atoms with van der Waals surface area (Å²) in [6, 6.07) is 4.58. The molecule has 6 nitrogen and oxygen atoms in total. The van der Waals surface area contributed by atoms with Gasteiger partial charge in [0.25, 0.3) is 0 Å². The first kappa shape index (κ1) is 14.7. The summed E-state index contributed by atoms with van der Waals surface area (Å²) >= 11 is 0. The number of methoxy groups -OCH3 is 2. The van der Waals surface area contributed by atoms with E-state index in [2.05, 4.69) is 9.47 Å². The summed E-state index contributed by atoms with van der Waals surface area (Å²) in [5.74, 6) is -2.35. The average molecular weight is 266 g/mol. The number of carbonyl (C=O) groups excluding carboxylic acids is 2. The molecule has 0 bridgehead atoms. The highest BCUT2D eigenvalue weighted by Gasteiger charge is 2.22. The zero-order chi connectivity index (χ0) is 14.4. The van der Waals surface area contributed by atoms with Gasteiger partial charge in [-0.05, 0) is 18.1 Å². The minimum Gasteiger partial charge on any atom is -0.481 e. The van der Waals surface area contributed by atoms with Crippen molar-refractivity contribution in [2.45, 2.75) is 12.8 Å². The topological polar surface area (TPSA) is 89.9 Å². The van der Waals surface area contributed by atoms with Gasteiger partial charge in [0.15, 0.2) is 0 Å². The van der Waals surface area contributed by atoms with Gasteiger partial charge in [0.2, 0.25) is 0 Å². The molecule has 6 heteroatoms. The molecular formula is C13H14O6. The predicted molar refractivity (Wildman–Crippen MR) is 65.1 cm³/mol. The largest absolute Gasteiger partial charge is 0.481 e. The van der Waals surface area contributed by atoms with E-state index < -0.39 is 17.9 Å². The van der Waals surface area contributed by atoms with Crippen LogP contribution in [0.1, 0.15) is 32.7 Å². The molecule has 0 aliphatic carbocycles. The molecule has 102 valence electrons. The van der Waals surface area contributed by atoms with E-state index in [9.17, 15) is 14.4 Å². The molecule has 0 aliphatic heterocycles. The number of carboxylic acid groups (broad SMARTS) is 1. The predicted octanol–water partition coefficient (Wildman–Crippen LogP) is 1.28. The summed E-state index contributed by atoms with van der Waals surface area (Å²) < 4.78 is 9.21. The first-order valence-electron chi connectivity index (χ1n) is 5.51. The van der Waals surface area contributed by atoms with Gasteiger partial charge in [0, 0.05) is 6.42 Å². The molecule has 0 radical (unpaired) electrons. The van der Waals surface area contributed by atoms with E-state index in [-0.39, 0.29) is 24.0 Å². The summed E-state index contributed by atoms with van der Waals surface area (Å²) in [4.78, 5) is 33.9. The van der Waals surface area contributed by atoms with Crippen molar-refractivity contribution in [1.29, 1.82) is 0 Å². The van der Waals surface area contributed by atoms with Gasteiger partial charge in [-0.25, -0.2) is 9.59 Å². The molecule has 0 heterocycles. The highest BCUT2D eigenvalue weighted by atomic mass is 16.5. The third-order valence-electron chi connectivity index (χ3n) is 2.55. The number of carboxylic acids is 1. The fourth-order valence-corrected chi connectivity index (χ4v) is 1.67. The molecule has 1 N–H and O–H groups in total. The average Bonchev–Trinajstić information content (AvgIpc) is 2.42. The fourth-order valence-electron chi connectivity index (χ4n) is 1.67. The van der Waals surface area contributed by atoms with Gasteiger partial charge in [-0.2, -0.15) is 0 Å². The van der Waals surface area contributed by atoms with E-state index >= 15 is 0 Å². The van der Waals surface area contributed by atoms with Crippen molar-refractivity contribution in [1.82, 2.24) is 0 Å². The molecule has 1 aromatic carbocycles. The molecular weight excluding hydrogens is 252 g/mol. The van der Waals surface area contributed by atoms with Crippen molar-refractivity contribution in [3.8, 4) is 0 Å². The molecule has 0 amide bonds. The summed E-state index contributed by atoms with van der Waals surface area (Å²) in [6.45, 7) is 0. The third kappa shape index (κ3) is 3.54. The lowest BCUT2D eigenvalue weighted by molar-refractivity contribution is -0.136. The number of hydrogen-bond donors (Lipinski definition) is 1. The highest BCUT2D eigenvalue weighted by molar-refractivity contribution is 6.04. The number of benzene rings is 1. The first-order chi connectivity index (χ1) is 9.01. The Morgan fingerprint density at radius 3 is 2.26 bits per heavy atom. The SMILES string of the molecule is COC(=O)c1cccc(CCC(=O)O)c1C(=O)OC. The molecule has 1 rings (SSSR count). The van der Waals surface area contributed by atoms with E-state index in [0.717, 1.165) is 0 Å². The zero-order valence-electron chi connectivity index (χ0n) is 10.6.